The smallest absolute Gasteiger partial charge is 0.282 e. The van der Waals surface area contributed by atoms with Crippen LogP contribution in [0.25, 0.3) is 16.3 Å². The Morgan fingerprint density at radius 1 is 0.765 bits per heavy atom. The predicted molar refractivity (Wildman–Crippen MR) is 134 cm³/mol. The quantitative estimate of drug-likeness (QED) is 0.411. The summed E-state index contributed by atoms with van der Waals surface area (Å²) >= 11 is 0. The van der Waals surface area contributed by atoms with Gasteiger partial charge < -0.3 is 10.2 Å². The first kappa shape index (κ1) is 21.4. The molecule has 0 bridgehead atoms. The molecule has 1 heterocycles. The van der Waals surface area contributed by atoms with Gasteiger partial charge >= 0.3 is 0 Å². The maximum atomic E-state index is 13.7. The first-order valence-electron chi connectivity index (χ1n) is 10.9. The molecule has 1 aliphatic rings. The minimum absolute atomic E-state index is 0.155. The van der Waals surface area contributed by atoms with Gasteiger partial charge in [0.1, 0.15) is 11.5 Å². The topological polar surface area (TPSA) is 52.7 Å². The summed E-state index contributed by atoms with van der Waals surface area (Å²) in [6.45, 7) is 0. The van der Waals surface area contributed by atoms with E-state index in [1.165, 1.54) is 29.2 Å². The maximum absolute atomic E-state index is 13.7. The van der Waals surface area contributed by atoms with Gasteiger partial charge in [-0.05, 0) is 53.4 Å². The zero-order valence-electron chi connectivity index (χ0n) is 18.7. The molecule has 168 valence electrons. The summed E-state index contributed by atoms with van der Waals surface area (Å²) in [7, 11) is 3.89. The summed E-state index contributed by atoms with van der Waals surface area (Å²) in [6, 6.07) is 26.2. The molecule has 0 saturated carbocycles. The minimum Gasteiger partial charge on any atom is -0.378 e. The minimum atomic E-state index is -0.461. The van der Waals surface area contributed by atoms with Crippen molar-refractivity contribution in [1.82, 2.24) is 0 Å². The normalized spacial score (nSPS) is 13.7. The van der Waals surface area contributed by atoms with Crippen molar-refractivity contribution in [3.63, 3.8) is 0 Å². The van der Waals surface area contributed by atoms with Gasteiger partial charge in [0.05, 0.1) is 11.3 Å². The van der Waals surface area contributed by atoms with Crippen LogP contribution in [0.2, 0.25) is 0 Å². The number of halogens is 1. The summed E-state index contributed by atoms with van der Waals surface area (Å²) < 4.78 is 13.6. The zero-order chi connectivity index (χ0) is 23.8. The highest BCUT2D eigenvalue weighted by Crippen LogP contribution is 2.37. The lowest BCUT2D eigenvalue weighted by Gasteiger charge is -2.18. The van der Waals surface area contributed by atoms with E-state index in [0.29, 0.717) is 16.9 Å². The molecule has 4 aromatic carbocycles. The van der Waals surface area contributed by atoms with E-state index in [1.807, 2.05) is 79.7 Å². The number of amides is 2. The molecule has 0 spiro atoms. The fraction of sp³-hybridized carbons (Fsp3) is 0.0714. The molecule has 4 aromatic rings. The number of anilines is 3. The molecule has 5 nitrogen and oxygen atoms in total. The van der Waals surface area contributed by atoms with E-state index < -0.39 is 17.6 Å². The number of carbonyl (C=O) groups is 2. The SMILES string of the molecule is CN(C)c1ccc(NC2=C(c3ccc(F)cc3)C(=O)N(c3cccc4ccccc34)C2=O)cc1. The van der Waals surface area contributed by atoms with E-state index in [4.69, 9.17) is 0 Å². The van der Waals surface area contributed by atoms with Gasteiger partial charge in [-0.1, -0.05) is 48.5 Å². The lowest BCUT2D eigenvalue weighted by atomic mass is 10.0. The van der Waals surface area contributed by atoms with E-state index in [1.54, 1.807) is 6.07 Å². The van der Waals surface area contributed by atoms with Gasteiger partial charge in [0, 0.05) is 30.9 Å². The Morgan fingerprint density at radius 2 is 1.44 bits per heavy atom. The molecule has 0 fully saturated rings. The lowest BCUT2D eigenvalue weighted by Crippen LogP contribution is -2.32. The number of benzene rings is 4. The third-order valence-corrected chi connectivity index (χ3v) is 5.88. The van der Waals surface area contributed by atoms with E-state index in [9.17, 15) is 14.0 Å². The van der Waals surface area contributed by atoms with Gasteiger partial charge in [-0.25, -0.2) is 9.29 Å². The molecule has 5 rings (SSSR count). The molecule has 0 atom stereocenters. The molecule has 6 heteroatoms. The molecule has 0 aromatic heterocycles. The number of nitrogens with zero attached hydrogens (tertiary/aromatic N) is 2. The van der Waals surface area contributed by atoms with Crippen LogP contribution in [0.4, 0.5) is 21.5 Å². The standard InChI is InChI=1S/C28H22FN3O2/c1-31(2)22-16-14-21(15-17-22)30-26-25(19-10-12-20(29)13-11-19)27(33)32(28(26)34)24-9-5-7-18-6-3-4-8-23(18)24/h3-17,30H,1-2H3. The number of nitrogens with one attached hydrogen (secondary N) is 1. The monoisotopic (exact) mass is 451 g/mol. The highest BCUT2D eigenvalue weighted by Gasteiger charge is 2.40. The summed E-state index contributed by atoms with van der Waals surface area (Å²) in [5.74, 6) is -1.33. The Balaban J connectivity index is 1.62. The van der Waals surface area contributed by atoms with Gasteiger partial charge in [-0.15, -0.1) is 0 Å². The van der Waals surface area contributed by atoms with Crippen molar-refractivity contribution >= 4 is 45.2 Å². The fourth-order valence-electron chi connectivity index (χ4n) is 4.14. The molecule has 1 N–H and O–H groups in total. The summed E-state index contributed by atoms with van der Waals surface area (Å²) in [4.78, 5) is 30.6. The van der Waals surface area contributed by atoms with Crippen LogP contribution in [-0.4, -0.2) is 25.9 Å². The van der Waals surface area contributed by atoms with Gasteiger partial charge in [-0.3, -0.25) is 9.59 Å². The van der Waals surface area contributed by atoms with E-state index >= 15 is 0 Å². The molecular formula is C28H22FN3O2. The molecule has 0 saturated heterocycles. The van der Waals surface area contributed by atoms with Crippen LogP contribution >= 0.6 is 0 Å². The summed E-state index contributed by atoms with van der Waals surface area (Å²) in [5, 5.41) is 4.87. The van der Waals surface area contributed by atoms with Crippen molar-refractivity contribution in [1.29, 1.82) is 0 Å². The number of rotatable bonds is 5. The first-order chi connectivity index (χ1) is 16.4. The van der Waals surface area contributed by atoms with Crippen LogP contribution in [0.1, 0.15) is 5.56 Å². The van der Waals surface area contributed by atoms with Crippen LogP contribution in [0.15, 0.2) is 96.7 Å². The Bertz CT molecular complexity index is 1440. The second kappa shape index (κ2) is 8.48. The average Bonchev–Trinajstić information content (AvgIpc) is 3.08. The highest BCUT2D eigenvalue weighted by molar-refractivity contribution is 6.47. The van der Waals surface area contributed by atoms with Crippen molar-refractivity contribution in [3.05, 3.63) is 108 Å². The van der Waals surface area contributed by atoms with Crippen LogP contribution < -0.4 is 15.1 Å². The number of carbonyl (C=O) groups excluding carboxylic acids is 2. The van der Waals surface area contributed by atoms with E-state index in [-0.39, 0.29) is 11.3 Å². The molecule has 2 amide bonds. The van der Waals surface area contributed by atoms with Crippen LogP contribution in [-0.2, 0) is 9.59 Å². The second-order valence-corrected chi connectivity index (χ2v) is 8.27. The number of imide groups is 1. The Morgan fingerprint density at radius 3 is 2.15 bits per heavy atom. The zero-order valence-corrected chi connectivity index (χ0v) is 18.7. The number of fused-ring (bicyclic) bond motifs is 1. The van der Waals surface area contributed by atoms with Crippen LogP contribution in [0.5, 0.6) is 0 Å². The summed E-state index contributed by atoms with van der Waals surface area (Å²) in [5.41, 5.74) is 3.00. The van der Waals surface area contributed by atoms with Crippen molar-refractivity contribution in [3.8, 4) is 0 Å². The number of hydrogen-bond acceptors (Lipinski definition) is 4. The third kappa shape index (κ3) is 3.69. The summed E-state index contributed by atoms with van der Waals surface area (Å²) in [6.07, 6.45) is 0. The molecule has 1 aliphatic heterocycles. The largest absolute Gasteiger partial charge is 0.378 e. The van der Waals surface area contributed by atoms with Gasteiger partial charge in [0.25, 0.3) is 11.8 Å². The van der Waals surface area contributed by atoms with Gasteiger partial charge in [-0.2, -0.15) is 0 Å². The van der Waals surface area contributed by atoms with E-state index in [2.05, 4.69) is 5.32 Å². The van der Waals surface area contributed by atoms with Crippen LogP contribution in [0, 0.1) is 5.82 Å². The van der Waals surface area contributed by atoms with Crippen LogP contribution in [0.3, 0.4) is 0 Å². The van der Waals surface area contributed by atoms with Crippen molar-refractivity contribution in [2.75, 3.05) is 29.2 Å². The molecule has 34 heavy (non-hydrogen) atoms. The average molecular weight is 452 g/mol. The Hall–Kier alpha value is -4.45. The number of hydrogen-bond donors (Lipinski definition) is 1. The Labute approximate surface area is 196 Å². The van der Waals surface area contributed by atoms with Crippen molar-refractivity contribution < 1.29 is 14.0 Å². The van der Waals surface area contributed by atoms with Crippen molar-refractivity contribution in [2.24, 2.45) is 0 Å². The highest BCUT2D eigenvalue weighted by atomic mass is 19.1. The molecule has 0 unspecified atom stereocenters. The fourth-order valence-corrected chi connectivity index (χ4v) is 4.14. The molecule has 0 radical (unpaired) electrons. The second-order valence-electron chi connectivity index (χ2n) is 8.27. The van der Waals surface area contributed by atoms with Gasteiger partial charge in [0.15, 0.2) is 0 Å². The Kier molecular flexibility index (Phi) is 5.34. The third-order valence-electron chi connectivity index (χ3n) is 5.88. The lowest BCUT2D eigenvalue weighted by molar-refractivity contribution is -0.120. The predicted octanol–water partition coefficient (Wildman–Crippen LogP) is 5.44. The van der Waals surface area contributed by atoms with Crippen molar-refractivity contribution in [2.45, 2.75) is 0 Å². The molecular weight excluding hydrogens is 429 g/mol. The maximum Gasteiger partial charge on any atom is 0.282 e. The first-order valence-corrected chi connectivity index (χ1v) is 10.9. The van der Waals surface area contributed by atoms with Gasteiger partial charge in [0.2, 0.25) is 0 Å². The molecule has 0 aliphatic carbocycles. The van der Waals surface area contributed by atoms with E-state index in [0.717, 1.165) is 16.5 Å².